The number of rotatable bonds is 3. The Morgan fingerprint density at radius 1 is 1.19 bits per heavy atom. The van der Waals surface area contributed by atoms with Crippen molar-refractivity contribution in [3.8, 4) is 11.8 Å². The van der Waals surface area contributed by atoms with Gasteiger partial charge < -0.3 is 35.1 Å². The largest absolute Gasteiger partial charge is 0.472 e. The molecule has 0 spiro atoms. The van der Waals surface area contributed by atoms with E-state index >= 15 is 0 Å². The number of fused-ring (bicyclic) bond motifs is 3. The van der Waals surface area contributed by atoms with Crippen molar-refractivity contribution in [2.45, 2.75) is 97.4 Å². The third kappa shape index (κ3) is 7.30. The number of esters is 1. The number of alkyl carbamates (subject to hydrolysis) is 1. The molecule has 0 radical (unpaired) electrons. The highest BCUT2D eigenvalue weighted by molar-refractivity contribution is 5.91. The summed E-state index contributed by atoms with van der Waals surface area (Å²) in [5.41, 5.74) is 2.51. The lowest BCUT2D eigenvalue weighted by Gasteiger charge is -2.34. The molecular formula is C32H44N4O6. The zero-order valence-electron chi connectivity index (χ0n) is 25.6. The SMILES string of the molecule is C=C(C=C1NC2=C(C#CCCCC3CC3OC(=O)NC(C(C)(C)C)C(=O)N3CC(CC3C(=O)OC)O2)NC1=CC)CC. The smallest absolute Gasteiger partial charge is 0.408 e. The maximum Gasteiger partial charge on any atom is 0.408 e. The van der Waals surface area contributed by atoms with Gasteiger partial charge in [0.1, 0.15) is 24.3 Å². The Balaban J connectivity index is 1.71. The van der Waals surface area contributed by atoms with E-state index in [1.807, 2.05) is 46.8 Å². The molecule has 1 aliphatic carbocycles. The molecule has 0 aromatic rings. The van der Waals surface area contributed by atoms with Gasteiger partial charge in [-0.1, -0.05) is 51.8 Å². The van der Waals surface area contributed by atoms with Crippen molar-refractivity contribution in [1.29, 1.82) is 0 Å². The summed E-state index contributed by atoms with van der Waals surface area (Å²) in [6.07, 6.45) is 6.82. The van der Waals surface area contributed by atoms with E-state index in [0.717, 1.165) is 42.7 Å². The average molecular weight is 581 g/mol. The maximum absolute atomic E-state index is 14.0. The second-order valence-electron chi connectivity index (χ2n) is 12.3. The molecule has 5 unspecified atom stereocenters. The van der Waals surface area contributed by atoms with E-state index in [0.29, 0.717) is 18.0 Å². The van der Waals surface area contributed by atoms with E-state index in [-0.39, 0.29) is 25.0 Å². The standard InChI is InChI=1S/C32H44N4O6/c1-8-19(3)15-24-22(9-2)33-23-14-12-10-11-13-20-16-26(20)42-31(39)35-27(32(4,5)6)29(37)36-18-21(41-28(23)34-24)17-25(36)30(38)40-7/h9,15,20-21,25-27,33-34H,3,8,10-11,13,16-18H2,1-2,4-7H3,(H,35,39). The molecule has 1 saturated carbocycles. The van der Waals surface area contributed by atoms with Gasteiger partial charge in [-0.2, -0.15) is 0 Å². The van der Waals surface area contributed by atoms with E-state index in [4.69, 9.17) is 14.2 Å². The van der Waals surface area contributed by atoms with Crippen LogP contribution < -0.4 is 16.0 Å². The Kier molecular flexibility index (Phi) is 9.60. The molecule has 42 heavy (non-hydrogen) atoms. The molecule has 3 N–H and O–H groups in total. The molecule has 2 amide bonds. The van der Waals surface area contributed by atoms with Crippen molar-refractivity contribution in [1.82, 2.24) is 20.9 Å². The number of ether oxygens (including phenoxy) is 3. The second kappa shape index (κ2) is 13.0. The van der Waals surface area contributed by atoms with Crippen molar-refractivity contribution < 1.29 is 28.6 Å². The van der Waals surface area contributed by atoms with Crippen LogP contribution in [0.3, 0.4) is 0 Å². The first kappa shape index (κ1) is 31.1. The summed E-state index contributed by atoms with van der Waals surface area (Å²) >= 11 is 0. The summed E-state index contributed by atoms with van der Waals surface area (Å²) in [4.78, 5) is 41.2. The molecular weight excluding hydrogens is 536 g/mol. The molecule has 5 atom stereocenters. The zero-order chi connectivity index (χ0) is 30.6. The summed E-state index contributed by atoms with van der Waals surface area (Å²) in [6, 6.07) is -1.80. The maximum atomic E-state index is 14.0. The van der Waals surface area contributed by atoms with Gasteiger partial charge in [0.25, 0.3) is 0 Å². The molecule has 4 rings (SSSR count). The van der Waals surface area contributed by atoms with Gasteiger partial charge in [0, 0.05) is 12.8 Å². The Labute approximate surface area is 249 Å². The molecule has 2 bridgehead atoms. The van der Waals surface area contributed by atoms with Crippen molar-refractivity contribution in [3.63, 3.8) is 0 Å². The van der Waals surface area contributed by atoms with Crippen LogP contribution >= 0.6 is 0 Å². The number of carbonyl (C=O) groups is 3. The minimum Gasteiger partial charge on any atom is -0.472 e. The zero-order valence-corrected chi connectivity index (χ0v) is 25.6. The number of carbonyl (C=O) groups excluding carboxylic acids is 3. The highest BCUT2D eigenvalue weighted by Crippen LogP contribution is 2.38. The fraction of sp³-hybridized carbons (Fsp3) is 0.594. The van der Waals surface area contributed by atoms with Crippen LogP contribution in [0.25, 0.3) is 0 Å². The van der Waals surface area contributed by atoms with E-state index in [9.17, 15) is 14.4 Å². The first-order valence-electron chi connectivity index (χ1n) is 14.8. The molecule has 1 saturated heterocycles. The molecule has 10 heteroatoms. The lowest BCUT2D eigenvalue weighted by Crippen LogP contribution is -2.57. The Morgan fingerprint density at radius 2 is 1.95 bits per heavy atom. The summed E-state index contributed by atoms with van der Waals surface area (Å²) < 4.78 is 17.2. The van der Waals surface area contributed by atoms with Gasteiger partial charge in [0.2, 0.25) is 11.8 Å². The van der Waals surface area contributed by atoms with E-state index in [1.165, 1.54) is 12.0 Å². The van der Waals surface area contributed by atoms with E-state index in [2.05, 4.69) is 34.4 Å². The van der Waals surface area contributed by atoms with Crippen LogP contribution in [0.15, 0.2) is 47.3 Å². The third-order valence-corrected chi connectivity index (χ3v) is 8.00. The van der Waals surface area contributed by atoms with Crippen molar-refractivity contribution >= 4 is 18.0 Å². The number of methoxy groups -OCH3 is 1. The van der Waals surface area contributed by atoms with Gasteiger partial charge in [-0.25, -0.2) is 9.59 Å². The van der Waals surface area contributed by atoms with Gasteiger partial charge >= 0.3 is 12.1 Å². The predicted octanol–water partition coefficient (Wildman–Crippen LogP) is 3.98. The minimum atomic E-state index is -0.922. The highest BCUT2D eigenvalue weighted by atomic mass is 16.6. The van der Waals surface area contributed by atoms with E-state index < -0.39 is 41.6 Å². The van der Waals surface area contributed by atoms with Crippen LogP contribution in [0, 0.1) is 23.2 Å². The van der Waals surface area contributed by atoms with Crippen molar-refractivity contribution in [2.24, 2.45) is 11.3 Å². The monoisotopic (exact) mass is 580 g/mol. The Morgan fingerprint density at radius 3 is 2.62 bits per heavy atom. The molecule has 228 valence electrons. The van der Waals surface area contributed by atoms with Gasteiger partial charge in [0.05, 0.1) is 25.0 Å². The Hall–Kier alpha value is -3.87. The van der Waals surface area contributed by atoms with Crippen molar-refractivity contribution in [2.75, 3.05) is 13.7 Å². The van der Waals surface area contributed by atoms with Gasteiger partial charge in [-0.05, 0) is 55.9 Å². The first-order valence-corrected chi connectivity index (χ1v) is 14.8. The summed E-state index contributed by atoms with van der Waals surface area (Å²) in [7, 11) is 1.29. The fourth-order valence-electron chi connectivity index (χ4n) is 5.36. The van der Waals surface area contributed by atoms with Crippen LogP contribution in [0.1, 0.15) is 73.1 Å². The molecule has 3 aliphatic heterocycles. The quantitative estimate of drug-likeness (QED) is 0.339. The number of amides is 2. The predicted molar refractivity (Wildman–Crippen MR) is 158 cm³/mol. The van der Waals surface area contributed by atoms with Crippen molar-refractivity contribution in [3.05, 3.63) is 47.3 Å². The average Bonchev–Trinajstić information content (AvgIpc) is 3.53. The van der Waals surface area contributed by atoms with Crippen LogP contribution in [0.5, 0.6) is 0 Å². The van der Waals surface area contributed by atoms with E-state index in [1.54, 1.807) is 0 Å². The summed E-state index contributed by atoms with van der Waals surface area (Å²) in [6.45, 7) is 13.8. The number of nitrogens with one attached hydrogen (secondary N) is 3. The van der Waals surface area contributed by atoms with Crippen LogP contribution in [0.2, 0.25) is 0 Å². The normalized spacial score (nSPS) is 30.1. The van der Waals surface area contributed by atoms with Crippen LogP contribution in [0.4, 0.5) is 4.79 Å². The van der Waals surface area contributed by atoms with Gasteiger partial charge in [-0.15, -0.1) is 0 Å². The van der Waals surface area contributed by atoms with Crippen LogP contribution in [-0.2, 0) is 23.8 Å². The second-order valence-corrected chi connectivity index (χ2v) is 12.3. The summed E-state index contributed by atoms with van der Waals surface area (Å²) in [5.74, 6) is 6.23. The number of nitrogens with zero attached hydrogens (tertiary/aromatic N) is 1. The lowest BCUT2D eigenvalue weighted by atomic mass is 9.85. The molecule has 10 nitrogen and oxygen atoms in total. The number of hydrogen-bond donors (Lipinski definition) is 3. The number of allylic oxidation sites excluding steroid dienone is 4. The molecule has 3 heterocycles. The lowest BCUT2D eigenvalue weighted by molar-refractivity contribution is -0.152. The van der Waals surface area contributed by atoms with Crippen LogP contribution in [-0.4, -0.2) is 60.8 Å². The minimum absolute atomic E-state index is 0.121. The number of hydrogen-bond acceptors (Lipinski definition) is 8. The summed E-state index contributed by atoms with van der Waals surface area (Å²) in [5, 5.41) is 9.57. The molecule has 2 fully saturated rings. The third-order valence-electron chi connectivity index (χ3n) is 8.00. The Bertz CT molecular complexity index is 1260. The fourth-order valence-corrected chi connectivity index (χ4v) is 5.36. The van der Waals surface area contributed by atoms with Gasteiger partial charge in [0.15, 0.2) is 5.70 Å². The molecule has 0 aromatic heterocycles. The van der Waals surface area contributed by atoms with Gasteiger partial charge in [-0.3, -0.25) is 4.79 Å². The molecule has 0 aromatic carbocycles. The first-order chi connectivity index (χ1) is 19.9. The topological polar surface area (TPSA) is 118 Å². The highest BCUT2D eigenvalue weighted by Gasteiger charge is 2.47. The molecule has 4 aliphatic rings.